The summed E-state index contributed by atoms with van der Waals surface area (Å²) in [7, 11) is 0. The van der Waals surface area contributed by atoms with Gasteiger partial charge in [-0.15, -0.1) is 11.3 Å². The summed E-state index contributed by atoms with van der Waals surface area (Å²) < 4.78 is 15.9. The third-order valence-corrected chi connectivity index (χ3v) is 5.03. The maximum absolute atomic E-state index is 14.1. The van der Waals surface area contributed by atoms with Crippen molar-refractivity contribution < 1.29 is 4.39 Å². The first-order valence-electron chi connectivity index (χ1n) is 6.01. The summed E-state index contributed by atoms with van der Waals surface area (Å²) in [5, 5.41) is 5.40. The number of nitrogens with one attached hydrogen (secondary N) is 1. The van der Waals surface area contributed by atoms with Crippen LogP contribution in [0.15, 0.2) is 38.6 Å². The molecule has 102 valence electrons. The summed E-state index contributed by atoms with van der Waals surface area (Å²) >= 11 is 8.43. The fourth-order valence-electron chi connectivity index (χ4n) is 1.98. The Morgan fingerprint density at radius 3 is 2.63 bits per heavy atom. The lowest BCUT2D eigenvalue weighted by Gasteiger charge is -2.18. The summed E-state index contributed by atoms with van der Waals surface area (Å²) in [5.74, 6) is -0.170. The van der Waals surface area contributed by atoms with Crippen LogP contribution < -0.4 is 5.32 Å². The Balaban J connectivity index is 2.23. The molecule has 5 heteroatoms. The van der Waals surface area contributed by atoms with Gasteiger partial charge in [0.1, 0.15) is 5.82 Å². The normalized spacial score (nSPS) is 12.6. The van der Waals surface area contributed by atoms with Gasteiger partial charge in [-0.05, 0) is 40.7 Å². The van der Waals surface area contributed by atoms with E-state index < -0.39 is 0 Å². The van der Waals surface area contributed by atoms with Crippen molar-refractivity contribution in [2.45, 2.75) is 19.4 Å². The molecule has 1 unspecified atom stereocenters. The van der Waals surface area contributed by atoms with Gasteiger partial charge in [-0.25, -0.2) is 4.39 Å². The van der Waals surface area contributed by atoms with Crippen LogP contribution in [-0.2, 0) is 6.42 Å². The predicted octanol–water partition coefficient (Wildman–Crippen LogP) is 5.31. The first-order chi connectivity index (χ1) is 9.10. The molecule has 1 atom stereocenters. The Hall–Kier alpha value is -0.230. The van der Waals surface area contributed by atoms with Crippen LogP contribution in [0.2, 0.25) is 0 Å². The van der Waals surface area contributed by atoms with Crippen LogP contribution >= 0.6 is 43.2 Å². The van der Waals surface area contributed by atoms with Crippen LogP contribution in [0.3, 0.4) is 0 Å². The van der Waals surface area contributed by atoms with E-state index in [0.717, 1.165) is 27.5 Å². The lowest BCUT2D eigenvalue weighted by atomic mass is 10.0. The fourth-order valence-corrected chi connectivity index (χ4v) is 3.82. The molecule has 0 bridgehead atoms. The molecule has 0 saturated carbocycles. The second kappa shape index (κ2) is 6.97. The molecule has 1 aromatic heterocycles. The average Bonchev–Trinajstić information content (AvgIpc) is 2.74. The smallest absolute Gasteiger partial charge is 0.129 e. The zero-order valence-corrected chi connectivity index (χ0v) is 14.4. The van der Waals surface area contributed by atoms with E-state index in [9.17, 15) is 4.39 Å². The van der Waals surface area contributed by atoms with E-state index in [0.29, 0.717) is 0 Å². The van der Waals surface area contributed by atoms with Gasteiger partial charge in [0.2, 0.25) is 0 Å². The highest BCUT2D eigenvalue weighted by atomic mass is 79.9. The van der Waals surface area contributed by atoms with Crippen molar-refractivity contribution >= 4 is 43.2 Å². The Morgan fingerprint density at radius 1 is 1.26 bits per heavy atom. The van der Waals surface area contributed by atoms with Crippen molar-refractivity contribution in [3.8, 4) is 0 Å². The Labute approximate surface area is 133 Å². The monoisotopic (exact) mass is 405 g/mol. The van der Waals surface area contributed by atoms with Crippen LogP contribution in [0.1, 0.15) is 23.4 Å². The first kappa shape index (κ1) is 15.2. The number of halogens is 3. The zero-order chi connectivity index (χ0) is 13.8. The largest absolute Gasteiger partial charge is 0.310 e. The lowest BCUT2D eigenvalue weighted by molar-refractivity contribution is 0.512. The maximum Gasteiger partial charge on any atom is 0.129 e. The van der Waals surface area contributed by atoms with E-state index >= 15 is 0 Å². The molecular weight excluding hydrogens is 393 g/mol. The molecule has 0 radical (unpaired) electrons. The molecule has 0 aliphatic heterocycles. The summed E-state index contributed by atoms with van der Waals surface area (Å²) in [6, 6.07) is 7.33. The third kappa shape index (κ3) is 4.12. The third-order valence-electron chi connectivity index (χ3n) is 2.82. The molecule has 0 saturated heterocycles. The second-order valence-electron chi connectivity index (χ2n) is 4.21. The molecule has 2 rings (SSSR count). The van der Waals surface area contributed by atoms with Gasteiger partial charge in [0, 0.05) is 37.2 Å². The Morgan fingerprint density at radius 2 is 2.05 bits per heavy atom. The summed E-state index contributed by atoms with van der Waals surface area (Å²) in [6.45, 7) is 2.85. The predicted molar refractivity (Wildman–Crippen MR) is 86.2 cm³/mol. The van der Waals surface area contributed by atoms with Gasteiger partial charge >= 0.3 is 0 Å². The molecule has 0 spiro atoms. The number of rotatable bonds is 5. The van der Waals surface area contributed by atoms with Crippen molar-refractivity contribution in [3.63, 3.8) is 0 Å². The van der Waals surface area contributed by atoms with E-state index in [4.69, 9.17) is 0 Å². The van der Waals surface area contributed by atoms with Crippen molar-refractivity contribution in [1.29, 1.82) is 0 Å². The van der Waals surface area contributed by atoms with E-state index in [1.807, 2.05) is 19.1 Å². The van der Waals surface area contributed by atoms with Crippen LogP contribution in [0.5, 0.6) is 0 Å². The molecule has 0 fully saturated rings. The van der Waals surface area contributed by atoms with Gasteiger partial charge in [-0.1, -0.05) is 28.9 Å². The molecule has 0 aliphatic rings. The van der Waals surface area contributed by atoms with Crippen molar-refractivity contribution in [3.05, 3.63) is 54.8 Å². The highest BCUT2D eigenvalue weighted by Crippen LogP contribution is 2.28. The van der Waals surface area contributed by atoms with Gasteiger partial charge in [0.25, 0.3) is 0 Å². The van der Waals surface area contributed by atoms with Gasteiger partial charge < -0.3 is 5.32 Å². The molecule has 1 nitrogen and oxygen atoms in total. The molecule has 0 aliphatic carbocycles. The lowest BCUT2D eigenvalue weighted by Crippen LogP contribution is -2.23. The summed E-state index contributed by atoms with van der Waals surface area (Å²) in [4.78, 5) is 1.24. The average molecular weight is 407 g/mol. The Bertz CT molecular complexity index is 556. The minimum Gasteiger partial charge on any atom is -0.310 e. The van der Waals surface area contributed by atoms with E-state index in [-0.39, 0.29) is 11.9 Å². The molecule has 1 N–H and O–H groups in total. The molecule has 1 aromatic carbocycles. The number of likely N-dealkylation sites (N-methyl/N-ethyl adjacent to an activating group) is 1. The van der Waals surface area contributed by atoms with Crippen LogP contribution in [0.4, 0.5) is 4.39 Å². The SMILES string of the molecule is CCNC(Cc1cc(Br)cs1)c1ccc(Br)cc1F. The van der Waals surface area contributed by atoms with Gasteiger partial charge in [-0.2, -0.15) is 0 Å². The highest BCUT2D eigenvalue weighted by molar-refractivity contribution is 9.10. The molecule has 1 heterocycles. The van der Waals surface area contributed by atoms with Gasteiger partial charge in [0.05, 0.1) is 0 Å². The number of hydrogen-bond acceptors (Lipinski definition) is 2. The number of thiophene rings is 1. The van der Waals surface area contributed by atoms with Gasteiger partial charge in [0.15, 0.2) is 0 Å². The van der Waals surface area contributed by atoms with E-state index in [1.54, 1.807) is 11.3 Å². The zero-order valence-electron chi connectivity index (χ0n) is 10.4. The first-order valence-corrected chi connectivity index (χ1v) is 8.48. The molecule has 0 amide bonds. The topological polar surface area (TPSA) is 12.0 Å². The molecule has 2 aromatic rings. The molecule has 19 heavy (non-hydrogen) atoms. The van der Waals surface area contributed by atoms with Crippen LogP contribution in [0, 0.1) is 5.82 Å². The van der Waals surface area contributed by atoms with Gasteiger partial charge in [-0.3, -0.25) is 0 Å². The standard InChI is InChI=1S/C14H14Br2FNS/c1-2-18-14(7-11-5-10(16)8-19-11)12-4-3-9(15)6-13(12)17/h3-6,8,14,18H,2,7H2,1H3. The minimum absolute atomic E-state index is 0.00338. The quantitative estimate of drug-likeness (QED) is 0.709. The Kier molecular flexibility index (Phi) is 5.57. The van der Waals surface area contributed by atoms with Crippen molar-refractivity contribution in [1.82, 2.24) is 5.32 Å². The van der Waals surface area contributed by atoms with Crippen LogP contribution in [-0.4, -0.2) is 6.54 Å². The van der Waals surface area contributed by atoms with Crippen LogP contribution in [0.25, 0.3) is 0 Å². The van der Waals surface area contributed by atoms with Crippen molar-refractivity contribution in [2.24, 2.45) is 0 Å². The number of benzene rings is 1. The van der Waals surface area contributed by atoms with E-state index in [2.05, 4.69) is 48.6 Å². The molecular formula is C14H14Br2FNS. The van der Waals surface area contributed by atoms with E-state index in [1.165, 1.54) is 10.9 Å². The summed E-state index contributed by atoms with van der Waals surface area (Å²) in [5.41, 5.74) is 0.717. The summed E-state index contributed by atoms with van der Waals surface area (Å²) in [6.07, 6.45) is 0.794. The fraction of sp³-hybridized carbons (Fsp3) is 0.286. The number of hydrogen-bond donors (Lipinski definition) is 1. The maximum atomic E-state index is 14.1. The second-order valence-corrected chi connectivity index (χ2v) is 7.04. The van der Waals surface area contributed by atoms with Crippen molar-refractivity contribution in [2.75, 3.05) is 6.54 Å². The highest BCUT2D eigenvalue weighted by Gasteiger charge is 2.16. The minimum atomic E-state index is -0.170.